The molecule has 8 N–H and O–H groups in total. The normalized spacial score (nSPS) is 11.2. The molecule has 0 atom stereocenters. The minimum atomic E-state index is -0.546. The van der Waals surface area contributed by atoms with Crippen LogP contribution < -0.4 is 21.3 Å². The Morgan fingerprint density at radius 1 is 0.426 bits per heavy atom. The molecule has 0 spiro atoms. The molecule has 0 bridgehead atoms. The van der Waals surface area contributed by atoms with E-state index in [1.54, 1.807) is 37.6 Å². The molecule has 11 aromatic heterocycles. The van der Waals surface area contributed by atoms with Gasteiger partial charge in [0.15, 0.2) is 56.2 Å². The van der Waals surface area contributed by atoms with E-state index in [4.69, 9.17) is 46.4 Å². The number of H-pyrrole nitrogens is 2. The van der Waals surface area contributed by atoms with Gasteiger partial charge in [-0.05, 0) is 116 Å². The van der Waals surface area contributed by atoms with Crippen molar-refractivity contribution in [3.05, 3.63) is 209 Å². The largest absolute Gasteiger partial charge is 0.394 e. The van der Waals surface area contributed by atoms with Gasteiger partial charge < -0.3 is 50.6 Å². The van der Waals surface area contributed by atoms with Gasteiger partial charge in [-0.3, -0.25) is 15.0 Å². The second-order valence-electron chi connectivity index (χ2n) is 21.4. The maximum atomic E-state index is 9.41. The second-order valence-corrected chi connectivity index (χ2v) is 22.8. The van der Waals surface area contributed by atoms with Crippen LogP contribution in [-0.2, 0) is 19.6 Å². The third-order valence-corrected chi connectivity index (χ3v) is 15.1. The number of benzene rings is 3. The highest BCUT2D eigenvalue weighted by atomic mass is 35.5. The highest BCUT2D eigenvalue weighted by Gasteiger charge is 2.19. The number of aliphatic hydroxyl groups is 2. The first-order chi connectivity index (χ1) is 45.8. The van der Waals surface area contributed by atoms with Crippen LogP contribution in [0.4, 0.5) is 23.4 Å². The average Bonchev–Trinajstić information content (AvgIpc) is 1.65. The van der Waals surface area contributed by atoms with Gasteiger partial charge in [-0.25, -0.2) is 24.9 Å². The fraction of sp³-hybridized carbons (Fsp3) is 0.185. The Morgan fingerprint density at radius 3 is 1.28 bits per heavy atom. The number of anilines is 4. The van der Waals surface area contributed by atoms with E-state index >= 15 is 0 Å². The first-order valence-electron chi connectivity index (χ1n) is 29.5. The van der Waals surface area contributed by atoms with E-state index in [0.29, 0.717) is 71.0 Å². The molecule has 0 fully saturated rings. The molecule has 0 aliphatic rings. The molecule has 3 aromatic carbocycles. The van der Waals surface area contributed by atoms with Crippen molar-refractivity contribution >= 4 is 114 Å². The van der Waals surface area contributed by atoms with Crippen LogP contribution in [0.3, 0.4) is 0 Å². The van der Waals surface area contributed by atoms with Gasteiger partial charge in [-0.1, -0.05) is 103 Å². The zero-order valence-electron chi connectivity index (χ0n) is 50.9. The summed E-state index contributed by atoms with van der Waals surface area (Å²) < 4.78 is 3.94. The molecule has 476 valence electrons. The molecule has 0 aliphatic carbocycles. The van der Waals surface area contributed by atoms with Crippen molar-refractivity contribution in [2.24, 2.45) is 0 Å². The smallest absolute Gasteiger partial charge is 0.227 e. The number of halogens is 4. The maximum absolute atomic E-state index is 9.41. The number of nitrogens with zero attached hydrogens (tertiary/aromatic N) is 17. The predicted molar refractivity (Wildman–Crippen MR) is 367 cm³/mol. The summed E-state index contributed by atoms with van der Waals surface area (Å²) in [7, 11) is 0. The van der Waals surface area contributed by atoms with Crippen LogP contribution in [-0.4, -0.2) is 123 Å². The molecule has 11 heterocycles. The van der Waals surface area contributed by atoms with Gasteiger partial charge in [0.1, 0.15) is 11.0 Å². The van der Waals surface area contributed by atoms with Crippen LogP contribution in [0.1, 0.15) is 56.5 Å². The summed E-state index contributed by atoms with van der Waals surface area (Å²) in [4.78, 5) is 69.4. The van der Waals surface area contributed by atoms with Crippen LogP contribution in [0.15, 0.2) is 171 Å². The Hall–Kier alpha value is -10.4. The number of nitrogens with one attached hydrogen (secondary N) is 6. The molecule has 0 aliphatic heterocycles. The fourth-order valence-corrected chi connectivity index (χ4v) is 10.2. The van der Waals surface area contributed by atoms with Gasteiger partial charge in [0.05, 0.1) is 61.6 Å². The van der Waals surface area contributed by atoms with Crippen LogP contribution in [0.5, 0.6) is 0 Å². The SMILES string of the molecule is CC(C)n1cnc2c(NCc3ccc(-c4ccccn4)cc3)nc(Cl)nc21.CC(C)n1cnc2c(NCc3ccc(-c4ccccn4)cc3)nc(NC(CO)CO)nc21.Clc1nc(Cl)c2[nH]cnc2n1.Clc1nc(NCc2ccc(-c3ccccn3)cc2)c2[nH]cnc2n1. The summed E-state index contributed by atoms with van der Waals surface area (Å²) in [6.45, 7) is 9.57. The van der Waals surface area contributed by atoms with Gasteiger partial charge in [0, 0.05) is 67.0 Å². The number of pyridine rings is 3. The molecule has 25 nitrogen and oxygen atoms in total. The van der Waals surface area contributed by atoms with E-state index in [1.807, 2.05) is 75.9 Å². The summed E-state index contributed by atoms with van der Waals surface area (Å²) in [5, 5.41) is 32.5. The molecule has 0 saturated carbocycles. The number of rotatable bonds is 18. The van der Waals surface area contributed by atoms with Crippen molar-refractivity contribution in [2.45, 2.75) is 65.5 Å². The summed E-state index contributed by atoms with van der Waals surface area (Å²) in [5.41, 5.74) is 14.6. The third kappa shape index (κ3) is 16.2. The van der Waals surface area contributed by atoms with Gasteiger partial charge in [0.2, 0.25) is 21.8 Å². The summed E-state index contributed by atoms with van der Waals surface area (Å²) >= 11 is 23.3. The summed E-state index contributed by atoms with van der Waals surface area (Å²) in [6.07, 6.45) is 11.9. The Bertz CT molecular complexity index is 4750. The molecule has 0 saturated heterocycles. The van der Waals surface area contributed by atoms with E-state index in [-0.39, 0.29) is 46.3 Å². The Kier molecular flexibility index (Phi) is 21.3. The zero-order chi connectivity index (χ0) is 65.5. The number of imidazole rings is 4. The Balaban J connectivity index is 0.000000134. The van der Waals surface area contributed by atoms with E-state index in [0.717, 1.165) is 67.1 Å². The van der Waals surface area contributed by atoms with Crippen molar-refractivity contribution in [2.75, 3.05) is 34.5 Å². The van der Waals surface area contributed by atoms with Crippen molar-refractivity contribution < 1.29 is 10.2 Å². The predicted octanol–water partition coefficient (Wildman–Crippen LogP) is 12.9. The average molecular weight is 1340 g/mol. The lowest BCUT2D eigenvalue weighted by Crippen LogP contribution is -2.28. The maximum Gasteiger partial charge on any atom is 0.227 e. The molecule has 29 heteroatoms. The lowest BCUT2D eigenvalue weighted by Gasteiger charge is -2.15. The van der Waals surface area contributed by atoms with Gasteiger partial charge >= 0.3 is 0 Å². The number of fused-ring (bicyclic) bond motifs is 4. The standard InChI is InChI=1S/C23H27N7O2.C20H19ClN6.C17H13ClN6.C5H2Cl2N4/c1-15(2)30-14-26-20-21(28-23(29-22(20)30)27-18(12-31)13-32)25-11-16-6-8-17(9-7-16)19-5-3-4-10-24-19;1-13(2)27-12-24-17-18(25-20(21)26-19(17)27)23-11-14-6-8-15(9-7-14)16-5-3-4-10-22-16;18-17-23-15(14-16(24-17)22-10-21-14)20-9-11-4-6-12(7-5-11)13-3-1-2-8-19-13;6-3-2-4(9-1-8-2)11-5(7)10-3/h3-10,14-15,18,31-32H,11-13H2,1-2H3,(H2,25,27,28,29);3-10,12-13H,11H2,1-2H3,(H,23,25,26);1-8,10H,9H2,(H2,20,21,22,23,24);1H,(H,8,9,10,11). The lowest BCUT2D eigenvalue weighted by molar-refractivity contribution is 0.203. The molecule has 0 radical (unpaired) electrons. The second kappa shape index (κ2) is 30.8. The Labute approximate surface area is 558 Å². The monoisotopic (exact) mass is 1340 g/mol. The molecular formula is C65H61Cl4N23O2. The fourth-order valence-electron chi connectivity index (χ4n) is 9.45. The van der Waals surface area contributed by atoms with Crippen molar-refractivity contribution in [3.63, 3.8) is 0 Å². The molecular weight excluding hydrogens is 1280 g/mol. The number of hydrogen-bond acceptors (Lipinski definition) is 21. The van der Waals surface area contributed by atoms with E-state index in [9.17, 15) is 10.2 Å². The Morgan fingerprint density at radius 2 is 0.830 bits per heavy atom. The van der Waals surface area contributed by atoms with Crippen LogP contribution >= 0.6 is 46.4 Å². The van der Waals surface area contributed by atoms with Crippen molar-refractivity contribution in [1.82, 2.24) is 93.9 Å². The number of hydrogen-bond donors (Lipinski definition) is 8. The lowest BCUT2D eigenvalue weighted by atomic mass is 10.1. The van der Waals surface area contributed by atoms with Gasteiger partial charge in [0.25, 0.3) is 0 Å². The minimum absolute atomic E-state index is 0.106. The quantitative estimate of drug-likeness (QED) is 0.0292. The number of aromatic nitrogens is 19. The number of aromatic amines is 2. The van der Waals surface area contributed by atoms with E-state index in [1.165, 1.54) is 6.33 Å². The van der Waals surface area contributed by atoms with Crippen molar-refractivity contribution in [3.8, 4) is 33.8 Å². The van der Waals surface area contributed by atoms with E-state index in [2.05, 4.69) is 194 Å². The highest BCUT2D eigenvalue weighted by Crippen LogP contribution is 2.28. The van der Waals surface area contributed by atoms with Gasteiger partial charge in [-0.15, -0.1) is 0 Å². The van der Waals surface area contributed by atoms with E-state index < -0.39 is 6.04 Å². The molecule has 14 aromatic rings. The molecule has 0 unspecified atom stereocenters. The minimum Gasteiger partial charge on any atom is -0.394 e. The zero-order valence-corrected chi connectivity index (χ0v) is 54.0. The highest BCUT2D eigenvalue weighted by molar-refractivity contribution is 6.35. The topological polar surface area (TPSA) is 323 Å². The first-order valence-corrected chi connectivity index (χ1v) is 31.0. The van der Waals surface area contributed by atoms with Crippen LogP contribution in [0, 0.1) is 0 Å². The molecule has 94 heavy (non-hydrogen) atoms. The third-order valence-electron chi connectivity index (χ3n) is 14.3. The van der Waals surface area contributed by atoms with Gasteiger partial charge in [-0.2, -0.15) is 34.9 Å². The molecule has 14 rings (SSSR count). The first kappa shape index (κ1) is 65.1. The molecule has 0 amide bonds. The summed E-state index contributed by atoms with van der Waals surface area (Å²) in [6, 6.07) is 42.2. The number of aliphatic hydroxyl groups excluding tert-OH is 2. The van der Waals surface area contributed by atoms with Crippen LogP contribution in [0.25, 0.3) is 78.4 Å². The van der Waals surface area contributed by atoms with Crippen LogP contribution in [0.2, 0.25) is 21.0 Å². The van der Waals surface area contributed by atoms with Crippen molar-refractivity contribution in [1.29, 1.82) is 0 Å². The summed E-state index contributed by atoms with van der Waals surface area (Å²) in [5.74, 6) is 2.18.